The monoisotopic (exact) mass is 314 g/mol. The molecule has 0 aromatic rings. The summed E-state index contributed by atoms with van der Waals surface area (Å²) in [6.07, 6.45) is 2.98. The molecule has 5 unspecified atom stereocenters. The van der Waals surface area contributed by atoms with Crippen LogP contribution < -0.4 is 11.1 Å². The first-order valence-electron chi connectivity index (χ1n) is 8.60. The lowest BCUT2D eigenvalue weighted by atomic mass is 10.0. The summed E-state index contributed by atoms with van der Waals surface area (Å²) in [7, 11) is 0. The quantitative estimate of drug-likeness (QED) is 0.484. The van der Waals surface area contributed by atoms with Crippen LogP contribution in [0.4, 0.5) is 0 Å². The van der Waals surface area contributed by atoms with Crippen molar-refractivity contribution in [3.63, 3.8) is 0 Å². The maximum Gasteiger partial charge on any atom is 0.109 e. The van der Waals surface area contributed by atoms with E-state index in [0.717, 1.165) is 32.7 Å². The standard InChI is InChI=1S/C15H30N4O3/c16-9-11-14(15(21)12(10-20)22-11)19-7-5-18(6-8-19)13-3-1-2-4-17-13/h11-15,17,20-21H,1-10,16H2. The van der Waals surface area contributed by atoms with Crippen LogP contribution >= 0.6 is 0 Å². The minimum absolute atomic E-state index is 0.0939. The van der Waals surface area contributed by atoms with E-state index in [9.17, 15) is 10.2 Å². The van der Waals surface area contributed by atoms with Crippen LogP contribution in [0.2, 0.25) is 0 Å². The largest absolute Gasteiger partial charge is 0.394 e. The summed E-state index contributed by atoms with van der Waals surface area (Å²) in [6.45, 7) is 5.18. The number of hydrogen-bond acceptors (Lipinski definition) is 7. The van der Waals surface area contributed by atoms with E-state index in [1.165, 1.54) is 19.3 Å². The summed E-state index contributed by atoms with van der Waals surface area (Å²) in [5.74, 6) is 0. The average Bonchev–Trinajstić information content (AvgIpc) is 2.91. The van der Waals surface area contributed by atoms with E-state index < -0.39 is 12.2 Å². The van der Waals surface area contributed by atoms with Crippen molar-refractivity contribution >= 4 is 0 Å². The van der Waals surface area contributed by atoms with Gasteiger partial charge in [-0.15, -0.1) is 0 Å². The number of nitrogens with zero attached hydrogens (tertiary/aromatic N) is 2. The Morgan fingerprint density at radius 2 is 1.82 bits per heavy atom. The Bertz CT molecular complexity index is 344. The molecule has 7 heteroatoms. The van der Waals surface area contributed by atoms with Gasteiger partial charge in [-0.05, 0) is 25.8 Å². The second-order valence-electron chi connectivity index (χ2n) is 6.65. The molecule has 3 heterocycles. The Morgan fingerprint density at radius 3 is 2.41 bits per heavy atom. The Labute approximate surface area is 132 Å². The minimum Gasteiger partial charge on any atom is -0.394 e. The normalized spacial score (nSPS) is 41.9. The third-order valence-corrected chi connectivity index (χ3v) is 5.37. The van der Waals surface area contributed by atoms with Gasteiger partial charge in [-0.3, -0.25) is 9.80 Å². The van der Waals surface area contributed by atoms with Crippen molar-refractivity contribution < 1.29 is 14.9 Å². The molecule has 0 radical (unpaired) electrons. The van der Waals surface area contributed by atoms with Crippen molar-refractivity contribution in [2.24, 2.45) is 5.73 Å². The van der Waals surface area contributed by atoms with E-state index >= 15 is 0 Å². The van der Waals surface area contributed by atoms with Crippen LogP contribution in [0, 0.1) is 0 Å². The molecule has 22 heavy (non-hydrogen) atoms. The van der Waals surface area contributed by atoms with Gasteiger partial charge in [0.05, 0.1) is 24.9 Å². The van der Waals surface area contributed by atoms with Crippen LogP contribution in [0.1, 0.15) is 19.3 Å². The number of aliphatic hydroxyl groups is 2. The second-order valence-corrected chi connectivity index (χ2v) is 6.65. The lowest BCUT2D eigenvalue weighted by Crippen LogP contribution is -2.60. The average molecular weight is 314 g/mol. The molecule has 5 N–H and O–H groups in total. The Hall–Kier alpha value is -0.280. The van der Waals surface area contributed by atoms with Gasteiger partial charge in [-0.2, -0.15) is 0 Å². The Balaban J connectivity index is 1.55. The van der Waals surface area contributed by atoms with Crippen molar-refractivity contribution in [2.75, 3.05) is 45.9 Å². The van der Waals surface area contributed by atoms with Crippen molar-refractivity contribution in [1.29, 1.82) is 0 Å². The molecule has 3 aliphatic heterocycles. The first-order valence-corrected chi connectivity index (χ1v) is 8.60. The van der Waals surface area contributed by atoms with Gasteiger partial charge in [0.15, 0.2) is 0 Å². The predicted molar refractivity (Wildman–Crippen MR) is 83.4 cm³/mol. The molecule has 0 spiro atoms. The molecular weight excluding hydrogens is 284 g/mol. The van der Waals surface area contributed by atoms with Crippen molar-refractivity contribution in [3.05, 3.63) is 0 Å². The highest BCUT2D eigenvalue weighted by molar-refractivity contribution is 4.98. The van der Waals surface area contributed by atoms with Gasteiger partial charge in [0.1, 0.15) is 12.2 Å². The summed E-state index contributed by atoms with van der Waals surface area (Å²) in [5, 5.41) is 23.3. The second kappa shape index (κ2) is 7.53. The first kappa shape index (κ1) is 16.6. The fourth-order valence-electron chi connectivity index (χ4n) is 4.11. The minimum atomic E-state index is -0.655. The molecule has 5 atom stereocenters. The van der Waals surface area contributed by atoms with Crippen LogP contribution in [-0.4, -0.2) is 96.4 Å². The van der Waals surface area contributed by atoms with Crippen LogP contribution in [0.3, 0.4) is 0 Å². The van der Waals surface area contributed by atoms with Crippen LogP contribution in [-0.2, 0) is 4.74 Å². The van der Waals surface area contributed by atoms with Crippen LogP contribution in [0.5, 0.6) is 0 Å². The molecule has 3 aliphatic rings. The molecule has 0 aromatic carbocycles. The number of piperazine rings is 1. The van der Waals surface area contributed by atoms with E-state index in [2.05, 4.69) is 15.1 Å². The number of aliphatic hydroxyl groups excluding tert-OH is 2. The maximum absolute atomic E-state index is 10.4. The van der Waals surface area contributed by atoms with Crippen molar-refractivity contribution in [1.82, 2.24) is 15.1 Å². The van der Waals surface area contributed by atoms with E-state index in [-0.39, 0.29) is 18.8 Å². The molecule has 0 amide bonds. The fourth-order valence-corrected chi connectivity index (χ4v) is 4.11. The van der Waals surface area contributed by atoms with E-state index in [0.29, 0.717) is 12.7 Å². The zero-order valence-electron chi connectivity index (χ0n) is 13.2. The number of piperidine rings is 1. The number of ether oxygens (including phenoxy) is 1. The molecule has 3 rings (SSSR count). The van der Waals surface area contributed by atoms with Gasteiger partial charge >= 0.3 is 0 Å². The smallest absolute Gasteiger partial charge is 0.109 e. The third-order valence-electron chi connectivity index (χ3n) is 5.37. The van der Waals surface area contributed by atoms with Gasteiger partial charge in [0.25, 0.3) is 0 Å². The molecular formula is C15H30N4O3. The first-order chi connectivity index (χ1) is 10.7. The lowest BCUT2D eigenvalue weighted by molar-refractivity contribution is -0.0193. The van der Waals surface area contributed by atoms with E-state index in [1.807, 2.05) is 0 Å². The van der Waals surface area contributed by atoms with Crippen LogP contribution in [0.25, 0.3) is 0 Å². The fraction of sp³-hybridized carbons (Fsp3) is 1.00. The third kappa shape index (κ3) is 3.31. The summed E-state index contributed by atoms with van der Waals surface area (Å²) < 4.78 is 5.69. The predicted octanol–water partition coefficient (Wildman–Crippen LogP) is -1.85. The molecule has 7 nitrogen and oxygen atoms in total. The number of rotatable bonds is 4. The molecule has 0 aliphatic carbocycles. The molecule has 0 saturated carbocycles. The zero-order chi connectivity index (χ0) is 15.5. The summed E-state index contributed by atoms with van der Waals surface area (Å²) in [6, 6.07) is -0.0939. The highest BCUT2D eigenvalue weighted by Gasteiger charge is 2.46. The van der Waals surface area contributed by atoms with Crippen molar-refractivity contribution in [3.8, 4) is 0 Å². The summed E-state index contributed by atoms with van der Waals surface area (Å²) in [5.41, 5.74) is 5.79. The molecule has 3 fully saturated rings. The number of nitrogens with two attached hydrogens (primary N) is 1. The SMILES string of the molecule is NCC1OC(CO)C(O)C1N1CCN(C2CCCCN2)CC1. The van der Waals surface area contributed by atoms with Gasteiger partial charge in [-0.1, -0.05) is 0 Å². The number of hydrogen-bond donors (Lipinski definition) is 4. The van der Waals surface area contributed by atoms with E-state index in [4.69, 9.17) is 10.5 Å². The van der Waals surface area contributed by atoms with Gasteiger partial charge in [0.2, 0.25) is 0 Å². The zero-order valence-corrected chi connectivity index (χ0v) is 13.2. The Kier molecular flexibility index (Phi) is 5.67. The topological polar surface area (TPSA) is 94.2 Å². The van der Waals surface area contributed by atoms with Crippen molar-refractivity contribution in [2.45, 2.75) is 49.8 Å². The van der Waals surface area contributed by atoms with Gasteiger partial charge < -0.3 is 26.0 Å². The van der Waals surface area contributed by atoms with Gasteiger partial charge in [0, 0.05) is 32.7 Å². The highest BCUT2D eigenvalue weighted by Crippen LogP contribution is 2.26. The number of nitrogens with one attached hydrogen (secondary N) is 1. The molecule has 128 valence electrons. The molecule has 0 bridgehead atoms. The Morgan fingerprint density at radius 1 is 1.09 bits per heavy atom. The maximum atomic E-state index is 10.4. The van der Waals surface area contributed by atoms with Crippen LogP contribution in [0.15, 0.2) is 0 Å². The lowest BCUT2D eigenvalue weighted by Gasteiger charge is -2.44. The summed E-state index contributed by atoms with van der Waals surface area (Å²) in [4.78, 5) is 4.80. The molecule has 0 aromatic heterocycles. The van der Waals surface area contributed by atoms with Gasteiger partial charge in [-0.25, -0.2) is 0 Å². The highest BCUT2D eigenvalue weighted by atomic mass is 16.5. The van der Waals surface area contributed by atoms with E-state index in [1.54, 1.807) is 0 Å². The summed E-state index contributed by atoms with van der Waals surface area (Å²) >= 11 is 0. The molecule has 3 saturated heterocycles.